The molecule has 1 aromatic carbocycles. The highest BCUT2D eigenvalue weighted by Gasteiger charge is 2.32. The first-order valence-corrected chi connectivity index (χ1v) is 9.01. The van der Waals surface area contributed by atoms with E-state index in [9.17, 15) is 18.0 Å². The van der Waals surface area contributed by atoms with Gasteiger partial charge in [-0.15, -0.1) is 0 Å². The fourth-order valence-electron chi connectivity index (χ4n) is 2.82. The summed E-state index contributed by atoms with van der Waals surface area (Å²) in [6, 6.07) is 4.83. The highest BCUT2D eigenvalue weighted by Crippen LogP contribution is 2.37. The standard InChI is InChI=1S/C17H14BrClF3N3O/c18-11-8-12(15(19)23-9-11)16(26)24-13-7-10(17(20,21)22)3-4-14(13)25-5-1-2-6-25/h3-4,7-9H,1-2,5-6H2,(H,24,26). The molecule has 138 valence electrons. The maximum atomic E-state index is 13.1. The largest absolute Gasteiger partial charge is 0.416 e. The first-order chi connectivity index (χ1) is 12.3. The summed E-state index contributed by atoms with van der Waals surface area (Å²) in [7, 11) is 0. The number of hydrogen-bond donors (Lipinski definition) is 1. The Kier molecular flexibility index (Phi) is 5.43. The number of carbonyl (C=O) groups is 1. The van der Waals surface area contributed by atoms with Gasteiger partial charge in [-0.2, -0.15) is 13.2 Å². The lowest BCUT2D eigenvalue weighted by molar-refractivity contribution is -0.137. The first kappa shape index (κ1) is 19.0. The van der Waals surface area contributed by atoms with Crippen molar-refractivity contribution < 1.29 is 18.0 Å². The quantitative estimate of drug-likeness (QED) is 0.642. The minimum Gasteiger partial charge on any atom is -0.370 e. The van der Waals surface area contributed by atoms with E-state index in [0.717, 1.165) is 38.1 Å². The molecule has 2 aromatic rings. The molecule has 0 spiro atoms. The molecule has 1 fully saturated rings. The summed E-state index contributed by atoms with van der Waals surface area (Å²) >= 11 is 9.14. The molecule has 0 saturated carbocycles. The number of benzene rings is 1. The van der Waals surface area contributed by atoms with E-state index in [0.29, 0.717) is 10.2 Å². The summed E-state index contributed by atoms with van der Waals surface area (Å²) in [4.78, 5) is 18.4. The lowest BCUT2D eigenvalue weighted by Crippen LogP contribution is -2.22. The number of amides is 1. The third kappa shape index (κ3) is 4.12. The van der Waals surface area contributed by atoms with Crippen LogP contribution in [0.25, 0.3) is 0 Å². The molecule has 4 nitrogen and oxygen atoms in total. The average molecular weight is 449 g/mol. The summed E-state index contributed by atoms with van der Waals surface area (Å²) < 4.78 is 39.8. The summed E-state index contributed by atoms with van der Waals surface area (Å²) in [5, 5.41) is 2.53. The van der Waals surface area contributed by atoms with Crippen molar-refractivity contribution in [1.82, 2.24) is 4.98 Å². The number of alkyl halides is 3. The van der Waals surface area contributed by atoms with Crippen molar-refractivity contribution in [3.8, 4) is 0 Å². The van der Waals surface area contributed by atoms with Crippen molar-refractivity contribution in [2.75, 3.05) is 23.3 Å². The maximum Gasteiger partial charge on any atom is 0.416 e. The van der Waals surface area contributed by atoms with Crippen LogP contribution in [-0.2, 0) is 6.18 Å². The molecule has 1 aromatic heterocycles. The molecule has 0 bridgehead atoms. The van der Waals surface area contributed by atoms with E-state index < -0.39 is 17.6 Å². The van der Waals surface area contributed by atoms with E-state index in [1.165, 1.54) is 18.3 Å². The van der Waals surface area contributed by atoms with Gasteiger partial charge in [0, 0.05) is 23.8 Å². The SMILES string of the molecule is O=C(Nc1cc(C(F)(F)F)ccc1N1CCCC1)c1cc(Br)cnc1Cl. The van der Waals surface area contributed by atoms with Crippen LogP contribution >= 0.6 is 27.5 Å². The zero-order valence-corrected chi connectivity index (χ0v) is 15.7. The number of carbonyl (C=O) groups excluding carboxylic acids is 1. The number of anilines is 2. The van der Waals surface area contributed by atoms with Crippen LogP contribution in [0, 0.1) is 0 Å². The molecular weight excluding hydrogens is 435 g/mol. The number of pyridine rings is 1. The van der Waals surface area contributed by atoms with Crippen LogP contribution in [0.4, 0.5) is 24.5 Å². The Hall–Kier alpha value is -1.80. The van der Waals surface area contributed by atoms with Gasteiger partial charge in [-0.25, -0.2) is 4.98 Å². The number of halogens is 5. The monoisotopic (exact) mass is 447 g/mol. The van der Waals surface area contributed by atoms with Gasteiger partial charge >= 0.3 is 6.18 Å². The molecule has 3 rings (SSSR count). The van der Waals surface area contributed by atoms with Gasteiger partial charge in [-0.05, 0) is 53.0 Å². The highest BCUT2D eigenvalue weighted by atomic mass is 79.9. The molecule has 1 aliphatic heterocycles. The second-order valence-corrected chi connectivity index (χ2v) is 7.14. The molecule has 0 aliphatic carbocycles. The van der Waals surface area contributed by atoms with E-state index in [-0.39, 0.29) is 16.4 Å². The Bertz CT molecular complexity index is 838. The van der Waals surface area contributed by atoms with E-state index in [2.05, 4.69) is 26.2 Å². The third-order valence-corrected chi connectivity index (χ3v) is 4.80. The zero-order valence-electron chi connectivity index (χ0n) is 13.4. The van der Waals surface area contributed by atoms with Gasteiger partial charge in [0.15, 0.2) is 0 Å². The topological polar surface area (TPSA) is 45.2 Å². The van der Waals surface area contributed by atoms with Gasteiger partial charge < -0.3 is 10.2 Å². The Morgan fingerprint density at radius 2 is 1.92 bits per heavy atom. The molecule has 1 N–H and O–H groups in total. The molecule has 1 saturated heterocycles. The molecule has 0 radical (unpaired) electrons. The van der Waals surface area contributed by atoms with Gasteiger partial charge in [0.1, 0.15) is 5.15 Å². The van der Waals surface area contributed by atoms with Crippen LogP contribution in [0.2, 0.25) is 5.15 Å². The van der Waals surface area contributed by atoms with Crippen LogP contribution in [0.1, 0.15) is 28.8 Å². The second kappa shape index (κ2) is 7.44. The van der Waals surface area contributed by atoms with Crippen LogP contribution in [-0.4, -0.2) is 24.0 Å². The van der Waals surface area contributed by atoms with Crippen molar-refractivity contribution in [3.05, 3.63) is 51.2 Å². The van der Waals surface area contributed by atoms with Crippen molar-refractivity contribution in [1.29, 1.82) is 0 Å². The predicted octanol–water partition coefficient (Wildman–Crippen LogP) is 5.37. The molecule has 1 aliphatic rings. The smallest absolute Gasteiger partial charge is 0.370 e. The molecule has 26 heavy (non-hydrogen) atoms. The van der Waals surface area contributed by atoms with Gasteiger partial charge in [-0.1, -0.05) is 11.6 Å². The molecule has 0 unspecified atom stereocenters. The van der Waals surface area contributed by atoms with Crippen LogP contribution in [0.3, 0.4) is 0 Å². The van der Waals surface area contributed by atoms with Gasteiger partial charge in [0.25, 0.3) is 5.91 Å². The second-order valence-electron chi connectivity index (χ2n) is 5.87. The molecule has 1 amide bonds. The Balaban J connectivity index is 1.98. The first-order valence-electron chi connectivity index (χ1n) is 7.84. The minimum absolute atomic E-state index is 0.0274. The molecular formula is C17H14BrClF3N3O. The van der Waals surface area contributed by atoms with Crippen LogP contribution < -0.4 is 10.2 Å². The van der Waals surface area contributed by atoms with E-state index in [1.807, 2.05) is 4.90 Å². The fourth-order valence-corrected chi connectivity index (χ4v) is 3.34. The normalized spacial score (nSPS) is 14.6. The van der Waals surface area contributed by atoms with Gasteiger partial charge in [0.2, 0.25) is 0 Å². The minimum atomic E-state index is -4.50. The predicted molar refractivity (Wildman–Crippen MR) is 97.8 cm³/mol. The number of hydrogen-bond acceptors (Lipinski definition) is 3. The van der Waals surface area contributed by atoms with Crippen LogP contribution in [0.5, 0.6) is 0 Å². The third-order valence-electron chi connectivity index (χ3n) is 4.07. The average Bonchev–Trinajstić information content (AvgIpc) is 3.10. The van der Waals surface area contributed by atoms with Crippen LogP contribution in [0.15, 0.2) is 34.9 Å². The summed E-state index contributed by atoms with van der Waals surface area (Å²) in [5.41, 5.74) is -0.0919. The van der Waals surface area contributed by atoms with Crippen molar-refractivity contribution in [2.45, 2.75) is 19.0 Å². The van der Waals surface area contributed by atoms with Crippen molar-refractivity contribution in [2.24, 2.45) is 0 Å². The Morgan fingerprint density at radius 3 is 2.58 bits per heavy atom. The summed E-state index contributed by atoms with van der Waals surface area (Å²) in [6.07, 6.45) is -1.16. The van der Waals surface area contributed by atoms with Gasteiger partial charge in [-0.3, -0.25) is 4.79 Å². The fraction of sp³-hybridized carbons (Fsp3) is 0.294. The zero-order chi connectivity index (χ0) is 18.9. The highest BCUT2D eigenvalue weighted by molar-refractivity contribution is 9.10. The number of aromatic nitrogens is 1. The molecule has 2 heterocycles. The van der Waals surface area contributed by atoms with E-state index >= 15 is 0 Å². The maximum absolute atomic E-state index is 13.1. The number of nitrogens with one attached hydrogen (secondary N) is 1. The Labute approximate surface area is 161 Å². The molecule has 0 atom stereocenters. The molecule has 9 heteroatoms. The summed E-state index contributed by atoms with van der Waals surface area (Å²) in [5.74, 6) is -0.622. The van der Waals surface area contributed by atoms with Gasteiger partial charge in [0.05, 0.1) is 22.5 Å². The van der Waals surface area contributed by atoms with E-state index in [1.54, 1.807) is 0 Å². The Morgan fingerprint density at radius 1 is 1.23 bits per heavy atom. The van der Waals surface area contributed by atoms with Crippen molar-refractivity contribution >= 4 is 44.8 Å². The lowest BCUT2D eigenvalue weighted by atomic mass is 10.1. The van der Waals surface area contributed by atoms with E-state index in [4.69, 9.17) is 11.6 Å². The number of nitrogens with zero attached hydrogens (tertiary/aromatic N) is 2. The number of rotatable bonds is 3. The lowest BCUT2D eigenvalue weighted by Gasteiger charge is -2.23. The van der Waals surface area contributed by atoms with Crippen molar-refractivity contribution in [3.63, 3.8) is 0 Å². The summed E-state index contributed by atoms with van der Waals surface area (Å²) in [6.45, 7) is 1.46.